The Kier molecular flexibility index (Phi) is 4.35. The molecule has 0 aliphatic rings. The van der Waals surface area contributed by atoms with Gasteiger partial charge in [-0.3, -0.25) is 10.1 Å². The van der Waals surface area contributed by atoms with Crippen molar-refractivity contribution < 1.29 is 9.66 Å². The minimum absolute atomic E-state index is 0.0399. The first-order valence-electron chi connectivity index (χ1n) is 5.22. The van der Waals surface area contributed by atoms with Gasteiger partial charge in [-0.25, -0.2) is 4.98 Å². The quantitative estimate of drug-likeness (QED) is 0.406. The molecule has 0 fully saturated rings. The van der Waals surface area contributed by atoms with Gasteiger partial charge < -0.3 is 4.74 Å². The second kappa shape index (κ2) is 5.83. The van der Waals surface area contributed by atoms with Gasteiger partial charge in [0.25, 0.3) is 5.69 Å². The van der Waals surface area contributed by atoms with E-state index in [2.05, 4.69) is 43.5 Å². The number of nitro groups is 1. The van der Waals surface area contributed by atoms with Gasteiger partial charge in [-0.1, -0.05) is 6.07 Å². The van der Waals surface area contributed by atoms with Gasteiger partial charge in [0.1, 0.15) is 11.9 Å². The van der Waals surface area contributed by atoms with Crippen LogP contribution in [0, 0.1) is 20.6 Å². The minimum atomic E-state index is -0.470. The van der Waals surface area contributed by atoms with Crippen LogP contribution in [0.4, 0.5) is 5.69 Å². The van der Waals surface area contributed by atoms with Gasteiger partial charge in [-0.15, -0.1) is 0 Å². The summed E-state index contributed by atoms with van der Waals surface area (Å²) in [5.41, 5.74) is 0.447. The van der Waals surface area contributed by atoms with E-state index in [-0.39, 0.29) is 5.69 Å². The zero-order chi connectivity index (χ0) is 14.0. The predicted octanol–water partition coefficient (Wildman–Crippen LogP) is 4.46. The van der Waals surface area contributed by atoms with E-state index in [0.717, 1.165) is 3.57 Å². The van der Waals surface area contributed by atoms with Crippen LogP contribution in [-0.4, -0.2) is 9.91 Å². The third-order valence-corrected chi connectivity index (χ3v) is 4.02. The molecule has 2 rings (SSSR count). The number of benzene rings is 1. The van der Waals surface area contributed by atoms with E-state index < -0.39 is 4.92 Å². The molecule has 2 aromatic rings. The number of halogens is 2. The molecular formula is C12H8BrIN2O3. The molecule has 5 nitrogen and oxygen atoms in total. The van der Waals surface area contributed by atoms with Gasteiger partial charge >= 0.3 is 0 Å². The molecule has 7 heteroatoms. The van der Waals surface area contributed by atoms with E-state index >= 15 is 0 Å². The number of rotatable bonds is 3. The SMILES string of the molecule is Cc1c([N+](=O)[O-])cnc(Oc2cccc(I)c2)c1Br. The Labute approximate surface area is 131 Å². The van der Waals surface area contributed by atoms with Crippen LogP contribution in [0.25, 0.3) is 0 Å². The highest BCUT2D eigenvalue weighted by Gasteiger charge is 2.18. The average Bonchev–Trinajstić information content (AvgIpc) is 2.35. The highest BCUT2D eigenvalue weighted by Crippen LogP contribution is 2.34. The van der Waals surface area contributed by atoms with E-state index in [9.17, 15) is 10.1 Å². The van der Waals surface area contributed by atoms with Crippen molar-refractivity contribution in [3.05, 3.63) is 54.2 Å². The van der Waals surface area contributed by atoms with Crippen molar-refractivity contribution in [1.29, 1.82) is 0 Å². The van der Waals surface area contributed by atoms with Crippen molar-refractivity contribution in [2.24, 2.45) is 0 Å². The van der Waals surface area contributed by atoms with Crippen molar-refractivity contribution in [1.82, 2.24) is 4.98 Å². The van der Waals surface area contributed by atoms with E-state index in [1.54, 1.807) is 13.0 Å². The summed E-state index contributed by atoms with van der Waals surface area (Å²) in [5, 5.41) is 10.8. The zero-order valence-corrected chi connectivity index (χ0v) is 13.5. The summed E-state index contributed by atoms with van der Waals surface area (Å²) >= 11 is 5.46. The Morgan fingerprint density at radius 2 is 2.21 bits per heavy atom. The molecular weight excluding hydrogens is 427 g/mol. The van der Waals surface area contributed by atoms with Gasteiger partial charge in [0, 0.05) is 9.13 Å². The number of pyridine rings is 1. The van der Waals surface area contributed by atoms with Crippen molar-refractivity contribution in [2.45, 2.75) is 6.92 Å². The van der Waals surface area contributed by atoms with Crippen LogP contribution in [-0.2, 0) is 0 Å². The summed E-state index contributed by atoms with van der Waals surface area (Å²) in [6.07, 6.45) is 1.20. The largest absolute Gasteiger partial charge is 0.438 e. The predicted molar refractivity (Wildman–Crippen MR) is 82.6 cm³/mol. The Morgan fingerprint density at radius 1 is 1.47 bits per heavy atom. The molecule has 0 amide bonds. The summed E-state index contributed by atoms with van der Waals surface area (Å²) in [6.45, 7) is 1.64. The van der Waals surface area contributed by atoms with E-state index in [1.165, 1.54) is 6.20 Å². The van der Waals surface area contributed by atoms with Gasteiger partial charge in [0.15, 0.2) is 0 Å². The van der Waals surface area contributed by atoms with E-state index in [0.29, 0.717) is 21.7 Å². The molecule has 0 aliphatic carbocycles. The van der Waals surface area contributed by atoms with Crippen LogP contribution in [0.15, 0.2) is 34.9 Å². The van der Waals surface area contributed by atoms with Crippen LogP contribution >= 0.6 is 38.5 Å². The van der Waals surface area contributed by atoms with Crippen LogP contribution in [0.2, 0.25) is 0 Å². The fraction of sp³-hybridized carbons (Fsp3) is 0.0833. The molecule has 19 heavy (non-hydrogen) atoms. The molecule has 0 aliphatic heterocycles. The number of hydrogen-bond donors (Lipinski definition) is 0. The lowest BCUT2D eigenvalue weighted by Crippen LogP contribution is -1.97. The maximum absolute atomic E-state index is 10.8. The monoisotopic (exact) mass is 434 g/mol. The maximum atomic E-state index is 10.8. The topological polar surface area (TPSA) is 65.3 Å². The molecule has 0 spiro atoms. The molecule has 1 aromatic heterocycles. The lowest BCUT2D eigenvalue weighted by atomic mass is 10.2. The van der Waals surface area contributed by atoms with Gasteiger partial charge in [-0.05, 0) is 63.6 Å². The third kappa shape index (κ3) is 3.21. The smallest absolute Gasteiger partial charge is 0.291 e. The molecule has 0 radical (unpaired) electrons. The summed E-state index contributed by atoms with van der Waals surface area (Å²) in [7, 11) is 0. The lowest BCUT2D eigenvalue weighted by molar-refractivity contribution is -0.385. The Bertz CT molecular complexity index is 649. The zero-order valence-electron chi connectivity index (χ0n) is 9.76. The average molecular weight is 435 g/mol. The summed E-state index contributed by atoms with van der Waals surface area (Å²) < 4.78 is 7.14. The standard InChI is InChI=1S/C12H8BrIN2O3/c1-7-10(16(17)18)6-15-12(11(7)13)19-9-4-2-3-8(14)5-9/h2-6H,1H3. The van der Waals surface area contributed by atoms with Gasteiger partial charge in [0.05, 0.1) is 9.40 Å². The Balaban J connectivity index is 2.37. The van der Waals surface area contributed by atoms with Crippen molar-refractivity contribution in [3.63, 3.8) is 0 Å². The van der Waals surface area contributed by atoms with Gasteiger partial charge in [0.2, 0.25) is 5.88 Å². The Morgan fingerprint density at radius 3 is 2.84 bits per heavy atom. The second-order valence-corrected chi connectivity index (χ2v) is 5.74. The number of ether oxygens (including phenoxy) is 1. The maximum Gasteiger partial charge on any atom is 0.291 e. The Hall–Kier alpha value is -1.22. The van der Waals surface area contributed by atoms with Gasteiger partial charge in [-0.2, -0.15) is 0 Å². The van der Waals surface area contributed by atoms with Crippen molar-refractivity contribution >= 4 is 44.2 Å². The highest BCUT2D eigenvalue weighted by atomic mass is 127. The van der Waals surface area contributed by atoms with Crippen molar-refractivity contribution in [2.75, 3.05) is 0 Å². The van der Waals surface area contributed by atoms with E-state index in [1.807, 2.05) is 18.2 Å². The normalized spacial score (nSPS) is 10.3. The fourth-order valence-electron chi connectivity index (χ4n) is 1.44. The molecule has 0 atom stereocenters. The van der Waals surface area contributed by atoms with Crippen LogP contribution in [0.1, 0.15) is 5.56 Å². The molecule has 1 aromatic carbocycles. The molecule has 98 valence electrons. The third-order valence-electron chi connectivity index (χ3n) is 2.41. The first-order valence-corrected chi connectivity index (χ1v) is 7.09. The number of aromatic nitrogens is 1. The van der Waals surface area contributed by atoms with E-state index in [4.69, 9.17) is 4.74 Å². The molecule has 0 bridgehead atoms. The number of hydrogen-bond acceptors (Lipinski definition) is 4. The van der Waals surface area contributed by atoms with Crippen LogP contribution in [0.5, 0.6) is 11.6 Å². The van der Waals surface area contributed by atoms with Crippen LogP contribution in [0.3, 0.4) is 0 Å². The first-order chi connectivity index (χ1) is 8.99. The first kappa shape index (κ1) is 14.2. The highest BCUT2D eigenvalue weighted by molar-refractivity contribution is 14.1. The molecule has 0 unspecified atom stereocenters. The fourth-order valence-corrected chi connectivity index (χ4v) is 2.34. The summed E-state index contributed by atoms with van der Waals surface area (Å²) in [4.78, 5) is 14.3. The lowest BCUT2D eigenvalue weighted by Gasteiger charge is -2.08. The molecule has 1 heterocycles. The molecule has 0 saturated heterocycles. The molecule has 0 N–H and O–H groups in total. The summed E-state index contributed by atoms with van der Waals surface area (Å²) in [5.74, 6) is 0.943. The van der Waals surface area contributed by atoms with Crippen molar-refractivity contribution in [3.8, 4) is 11.6 Å². The number of nitrogens with zero attached hydrogens (tertiary/aromatic N) is 2. The molecule has 0 saturated carbocycles. The summed E-state index contributed by atoms with van der Waals surface area (Å²) in [6, 6.07) is 7.46. The van der Waals surface area contributed by atoms with Crippen LogP contribution < -0.4 is 4.74 Å². The minimum Gasteiger partial charge on any atom is -0.438 e. The second-order valence-electron chi connectivity index (χ2n) is 3.70.